The first-order valence-electron chi connectivity index (χ1n) is 21.8. The third-order valence-corrected chi connectivity index (χ3v) is 11.6. The lowest BCUT2D eigenvalue weighted by Crippen LogP contribution is -1.97. The predicted molar refractivity (Wildman–Crippen MR) is 246 cm³/mol. The number of ether oxygens (including phenoxy) is 4. The van der Waals surface area contributed by atoms with Crippen molar-refractivity contribution in [2.75, 3.05) is 26.4 Å². The third kappa shape index (κ3) is 7.43. The molecule has 0 saturated heterocycles. The number of fused-ring (bicyclic) bond motifs is 9. The van der Waals surface area contributed by atoms with Crippen molar-refractivity contribution in [1.82, 2.24) is 14.1 Å². The van der Waals surface area contributed by atoms with Gasteiger partial charge in [0.1, 0.15) is 23.0 Å². The molecule has 0 saturated carbocycles. The van der Waals surface area contributed by atoms with E-state index >= 15 is 0 Å². The van der Waals surface area contributed by atoms with Crippen molar-refractivity contribution < 1.29 is 18.9 Å². The van der Waals surface area contributed by atoms with E-state index in [-0.39, 0.29) is 0 Å². The van der Waals surface area contributed by atoms with Crippen LogP contribution in [0.4, 0.5) is 0 Å². The van der Waals surface area contributed by atoms with Gasteiger partial charge in [-0.25, -0.2) is 0 Å². The van der Waals surface area contributed by atoms with E-state index in [0.29, 0.717) is 26.4 Å². The fourth-order valence-electron chi connectivity index (χ4n) is 8.37. The Hall–Kier alpha value is -6.08. The molecule has 7 nitrogen and oxygen atoms in total. The second-order valence-corrected chi connectivity index (χ2v) is 15.8. The highest BCUT2D eigenvalue weighted by molar-refractivity contribution is 6.13. The number of rotatable bonds is 18. The first-order valence-corrected chi connectivity index (χ1v) is 21.8. The number of hydrogen-bond donors (Lipinski definition) is 1. The van der Waals surface area contributed by atoms with Crippen molar-refractivity contribution >= 4 is 65.4 Å². The maximum Gasteiger partial charge on any atom is 0.120 e. The van der Waals surface area contributed by atoms with Crippen LogP contribution < -0.4 is 18.9 Å². The molecular weight excluding hydrogens is 731 g/mol. The van der Waals surface area contributed by atoms with Gasteiger partial charge in [0.25, 0.3) is 0 Å². The minimum Gasteiger partial charge on any atom is -0.494 e. The van der Waals surface area contributed by atoms with Gasteiger partial charge in [0.15, 0.2) is 0 Å². The molecule has 0 bridgehead atoms. The van der Waals surface area contributed by atoms with Crippen LogP contribution in [-0.4, -0.2) is 40.5 Å². The van der Waals surface area contributed by atoms with E-state index in [1.54, 1.807) is 0 Å². The largest absolute Gasteiger partial charge is 0.494 e. The summed E-state index contributed by atoms with van der Waals surface area (Å²) in [5.41, 5.74) is 8.95. The molecule has 9 rings (SSSR count). The van der Waals surface area contributed by atoms with Crippen LogP contribution in [0.25, 0.3) is 76.8 Å². The second-order valence-electron chi connectivity index (χ2n) is 15.8. The summed E-state index contributed by atoms with van der Waals surface area (Å²) in [5, 5.41) is 6.96. The van der Waals surface area contributed by atoms with Gasteiger partial charge >= 0.3 is 0 Å². The Bertz CT molecular complexity index is 2580. The number of hydrogen-bond acceptors (Lipinski definition) is 4. The van der Waals surface area contributed by atoms with Crippen molar-refractivity contribution in [2.24, 2.45) is 0 Å². The van der Waals surface area contributed by atoms with Crippen LogP contribution >= 0.6 is 0 Å². The molecule has 9 aromatic rings. The topological polar surface area (TPSA) is 62.6 Å². The maximum atomic E-state index is 6.21. The van der Waals surface area contributed by atoms with Crippen LogP contribution in [-0.2, 0) is 0 Å². The fraction of sp³-hybridized carbons (Fsp3) is 0.308. The van der Waals surface area contributed by atoms with Gasteiger partial charge in [-0.3, -0.25) is 0 Å². The van der Waals surface area contributed by atoms with Crippen LogP contribution in [0.15, 0.2) is 109 Å². The second kappa shape index (κ2) is 17.0. The summed E-state index contributed by atoms with van der Waals surface area (Å²) >= 11 is 0. The molecule has 0 fully saturated rings. The zero-order chi connectivity index (χ0) is 40.3. The van der Waals surface area contributed by atoms with Gasteiger partial charge in [-0.2, -0.15) is 0 Å². The first-order chi connectivity index (χ1) is 29.1. The van der Waals surface area contributed by atoms with E-state index < -0.39 is 0 Å². The molecule has 3 aromatic heterocycles. The summed E-state index contributed by atoms with van der Waals surface area (Å²) in [6.45, 7) is 11.6. The zero-order valence-corrected chi connectivity index (χ0v) is 34.9. The monoisotopic (exact) mass is 785 g/mol. The van der Waals surface area contributed by atoms with Crippen LogP contribution in [0, 0.1) is 0 Å². The summed E-state index contributed by atoms with van der Waals surface area (Å²) in [4.78, 5) is 3.71. The molecule has 59 heavy (non-hydrogen) atoms. The van der Waals surface area contributed by atoms with Gasteiger partial charge in [0.05, 0.1) is 48.5 Å². The molecule has 0 spiro atoms. The Kier molecular flexibility index (Phi) is 11.1. The summed E-state index contributed by atoms with van der Waals surface area (Å²) in [6, 6.07) is 39.6. The van der Waals surface area contributed by atoms with Crippen LogP contribution in [0.1, 0.15) is 79.1 Å². The summed E-state index contributed by atoms with van der Waals surface area (Å²) in [5.74, 6) is 3.58. The number of aromatic amines is 1. The summed E-state index contributed by atoms with van der Waals surface area (Å²) < 4.78 is 29.6. The van der Waals surface area contributed by atoms with E-state index in [0.717, 1.165) is 140 Å². The molecule has 0 aliphatic rings. The predicted octanol–water partition coefficient (Wildman–Crippen LogP) is 14.2. The van der Waals surface area contributed by atoms with Gasteiger partial charge in [-0.1, -0.05) is 53.4 Å². The van der Waals surface area contributed by atoms with Crippen LogP contribution in [0.3, 0.4) is 0 Å². The molecule has 0 unspecified atom stereocenters. The quantitative estimate of drug-likeness (QED) is 0.0880. The highest BCUT2D eigenvalue weighted by Crippen LogP contribution is 2.40. The Labute approximate surface area is 346 Å². The number of nitrogens with one attached hydrogen (secondary N) is 1. The van der Waals surface area contributed by atoms with Crippen molar-refractivity contribution in [3.05, 3.63) is 109 Å². The normalized spacial score (nSPS) is 11.9. The number of aromatic nitrogens is 3. The molecule has 0 aliphatic carbocycles. The zero-order valence-electron chi connectivity index (χ0n) is 34.9. The summed E-state index contributed by atoms with van der Waals surface area (Å²) in [7, 11) is 0. The minimum absolute atomic E-state index is 0.711. The lowest BCUT2D eigenvalue weighted by Gasteiger charge is -2.11. The third-order valence-electron chi connectivity index (χ3n) is 11.6. The van der Waals surface area contributed by atoms with Gasteiger partial charge in [0, 0.05) is 54.7 Å². The van der Waals surface area contributed by atoms with E-state index in [4.69, 9.17) is 18.9 Å². The number of benzene rings is 6. The highest BCUT2D eigenvalue weighted by Gasteiger charge is 2.18. The highest BCUT2D eigenvalue weighted by atomic mass is 16.5. The number of H-pyrrole nitrogens is 1. The average Bonchev–Trinajstić information content (AvgIpc) is 3.90. The van der Waals surface area contributed by atoms with E-state index in [1.165, 1.54) is 10.8 Å². The molecule has 3 heterocycles. The molecular formula is C52H55N3O4. The lowest BCUT2D eigenvalue weighted by molar-refractivity contribution is 0.309. The van der Waals surface area contributed by atoms with Crippen molar-refractivity contribution in [3.63, 3.8) is 0 Å². The molecule has 7 heteroatoms. The fourth-order valence-corrected chi connectivity index (χ4v) is 8.37. The smallest absolute Gasteiger partial charge is 0.120 e. The lowest BCUT2D eigenvalue weighted by atomic mass is 10.1. The van der Waals surface area contributed by atoms with E-state index in [1.807, 2.05) is 0 Å². The molecule has 0 atom stereocenters. The van der Waals surface area contributed by atoms with Gasteiger partial charge in [-0.05, 0) is 135 Å². The van der Waals surface area contributed by atoms with Gasteiger partial charge in [-0.15, -0.1) is 0 Å². The molecule has 0 radical (unpaired) electrons. The van der Waals surface area contributed by atoms with Crippen molar-refractivity contribution in [3.8, 4) is 34.4 Å². The van der Waals surface area contributed by atoms with Crippen LogP contribution in [0.2, 0.25) is 0 Å². The molecule has 1 N–H and O–H groups in total. The summed E-state index contributed by atoms with van der Waals surface area (Å²) in [6.07, 6.45) is 8.51. The first kappa shape index (κ1) is 38.4. The Morgan fingerprint density at radius 2 is 0.661 bits per heavy atom. The average molecular weight is 786 g/mol. The number of nitrogens with zero attached hydrogens (tertiary/aromatic N) is 2. The van der Waals surface area contributed by atoms with E-state index in [2.05, 4.69) is 151 Å². The minimum atomic E-state index is 0.711. The molecule has 0 amide bonds. The molecule has 0 aliphatic heterocycles. The Morgan fingerprint density at radius 3 is 0.949 bits per heavy atom. The van der Waals surface area contributed by atoms with Crippen molar-refractivity contribution in [2.45, 2.75) is 79.1 Å². The van der Waals surface area contributed by atoms with Crippen LogP contribution in [0.5, 0.6) is 23.0 Å². The Morgan fingerprint density at radius 1 is 0.356 bits per heavy atom. The van der Waals surface area contributed by atoms with Crippen molar-refractivity contribution in [1.29, 1.82) is 0 Å². The van der Waals surface area contributed by atoms with E-state index in [9.17, 15) is 0 Å². The molecule has 302 valence electrons. The Balaban J connectivity index is 1.17. The SMILES string of the molecule is CCCCOc1ccc2c(c1)c1cc(OCCCC)ccc1n2-c1ccc2[nH]c3ccc(-n4c5ccc(OCCCC)cc5c5cc(OCCCC)ccc54)cc3c2c1. The number of unbranched alkanes of at least 4 members (excludes halogenated alkanes) is 4. The van der Waals surface area contributed by atoms with Gasteiger partial charge < -0.3 is 33.1 Å². The van der Waals surface area contributed by atoms with Gasteiger partial charge in [0.2, 0.25) is 0 Å². The maximum absolute atomic E-state index is 6.21. The molecule has 6 aromatic carbocycles. The standard InChI is InChI=1S/C52H55N3O4/c1-5-9-25-56-37-15-21-49-43(31-37)44-32-38(57-26-10-6-2)16-22-50(44)54(49)35-13-19-47-41(29-35)42-30-36(14-20-48(42)53-47)55-51-23-17-39(58-27-11-7-3)33-45(51)46-34-40(18-24-52(46)55)59-28-12-8-4/h13-24,29-34,53H,5-12,25-28H2,1-4H3.